The molecule has 25 heavy (non-hydrogen) atoms. The summed E-state index contributed by atoms with van der Waals surface area (Å²) in [6.07, 6.45) is 2.39. The third kappa shape index (κ3) is 6.56. The van der Waals surface area contributed by atoms with Crippen LogP contribution in [0.25, 0.3) is 0 Å². The number of furan rings is 1. The van der Waals surface area contributed by atoms with Crippen molar-refractivity contribution >= 4 is 41.8 Å². The number of likely N-dealkylation sites (tertiary alicyclic amines) is 1. The van der Waals surface area contributed by atoms with Crippen molar-refractivity contribution in [2.75, 3.05) is 19.6 Å². The summed E-state index contributed by atoms with van der Waals surface area (Å²) in [5, 5.41) is 3.25. The van der Waals surface area contributed by atoms with Gasteiger partial charge in [-0.05, 0) is 37.8 Å². The first-order valence-electron chi connectivity index (χ1n) is 8.19. The molecule has 1 saturated heterocycles. The minimum Gasteiger partial charge on any atom is -0.454 e. The van der Waals surface area contributed by atoms with Gasteiger partial charge >= 0.3 is 0 Å². The Morgan fingerprint density at radius 1 is 1.40 bits per heavy atom. The fourth-order valence-electron chi connectivity index (χ4n) is 2.88. The Bertz CT molecular complexity index is 617. The summed E-state index contributed by atoms with van der Waals surface area (Å²) in [5.74, 6) is 0.865. The van der Waals surface area contributed by atoms with Crippen molar-refractivity contribution in [2.45, 2.75) is 32.7 Å². The number of hydrogen-bond donors (Lipinski definition) is 3. The molecule has 2 rings (SSSR count). The van der Waals surface area contributed by atoms with Crippen LogP contribution in [0.5, 0.6) is 0 Å². The van der Waals surface area contributed by atoms with Crippen LogP contribution in [0.3, 0.4) is 0 Å². The first kappa shape index (κ1) is 21.3. The van der Waals surface area contributed by atoms with Crippen LogP contribution >= 0.6 is 24.0 Å². The zero-order chi connectivity index (χ0) is 17.5. The van der Waals surface area contributed by atoms with E-state index in [1.165, 1.54) is 0 Å². The number of primary amides is 2. The summed E-state index contributed by atoms with van der Waals surface area (Å²) in [6.45, 7) is 4.68. The molecule has 8 nitrogen and oxygen atoms in total. The van der Waals surface area contributed by atoms with Crippen molar-refractivity contribution < 1.29 is 14.0 Å². The second kappa shape index (κ2) is 10.3. The predicted octanol–water partition coefficient (Wildman–Crippen LogP) is 1.05. The molecule has 1 atom stereocenters. The molecule has 2 amide bonds. The Morgan fingerprint density at radius 3 is 2.76 bits per heavy atom. The summed E-state index contributed by atoms with van der Waals surface area (Å²) < 4.78 is 5.35. The van der Waals surface area contributed by atoms with E-state index in [0.717, 1.165) is 38.4 Å². The predicted molar refractivity (Wildman–Crippen MR) is 106 cm³/mol. The van der Waals surface area contributed by atoms with E-state index in [-0.39, 0.29) is 41.6 Å². The van der Waals surface area contributed by atoms with Crippen molar-refractivity contribution in [1.82, 2.24) is 10.2 Å². The topological polar surface area (TPSA) is 127 Å². The number of piperidine rings is 1. The minimum absolute atomic E-state index is 0. The molecule has 1 unspecified atom stereocenters. The van der Waals surface area contributed by atoms with Gasteiger partial charge in [0.1, 0.15) is 12.3 Å². The Labute approximate surface area is 164 Å². The Hall–Kier alpha value is -1.78. The molecular weight excluding hydrogens is 437 g/mol. The maximum Gasteiger partial charge on any atom is 0.284 e. The van der Waals surface area contributed by atoms with E-state index in [2.05, 4.69) is 15.2 Å². The number of nitrogens with one attached hydrogen (secondary N) is 1. The molecule has 0 aromatic carbocycles. The average molecular weight is 463 g/mol. The molecule has 0 radical (unpaired) electrons. The van der Waals surface area contributed by atoms with E-state index in [0.29, 0.717) is 18.7 Å². The average Bonchev–Trinajstić information content (AvgIpc) is 3.00. The van der Waals surface area contributed by atoms with Crippen LogP contribution in [0.1, 0.15) is 42.5 Å². The van der Waals surface area contributed by atoms with Crippen LogP contribution in [-0.2, 0) is 11.3 Å². The lowest BCUT2D eigenvalue weighted by atomic mass is 9.95. The van der Waals surface area contributed by atoms with Gasteiger partial charge in [0.25, 0.3) is 5.91 Å². The summed E-state index contributed by atoms with van der Waals surface area (Å²) >= 11 is 0. The van der Waals surface area contributed by atoms with E-state index in [1.54, 1.807) is 12.1 Å². The van der Waals surface area contributed by atoms with Crippen LogP contribution < -0.4 is 16.8 Å². The third-order valence-electron chi connectivity index (χ3n) is 3.93. The molecule has 0 saturated carbocycles. The summed E-state index contributed by atoms with van der Waals surface area (Å²) in [4.78, 5) is 28.9. The fourth-order valence-corrected chi connectivity index (χ4v) is 2.88. The number of halogens is 1. The second-order valence-corrected chi connectivity index (χ2v) is 5.93. The number of aliphatic imine (C=N–C) groups is 1. The zero-order valence-electron chi connectivity index (χ0n) is 14.4. The highest BCUT2D eigenvalue weighted by Crippen LogP contribution is 2.19. The smallest absolute Gasteiger partial charge is 0.284 e. The van der Waals surface area contributed by atoms with Gasteiger partial charge in [0, 0.05) is 26.1 Å². The number of hydrogen-bond acceptors (Lipinski definition) is 4. The lowest BCUT2D eigenvalue weighted by Crippen LogP contribution is -2.47. The molecule has 0 bridgehead atoms. The highest BCUT2D eigenvalue weighted by atomic mass is 127. The molecule has 0 aliphatic carbocycles. The van der Waals surface area contributed by atoms with Crippen molar-refractivity contribution in [3.8, 4) is 0 Å². The maximum absolute atomic E-state index is 11.1. The molecule has 1 aliphatic rings. The quantitative estimate of drug-likeness (QED) is 0.330. The number of carbonyl (C=O) groups excluding carboxylic acids is 2. The maximum atomic E-state index is 11.1. The van der Waals surface area contributed by atoms with Crippen molar-refractivity contribution in [3.05, 3.63) is 23.7 Å². The molecule has 140 valence electrons. The van der Waals surface area contributed by atoms with E-state index < -0.39 is 5.91 Å². The first-order valence-corrected chi connectivity index (χ1v) is 8.19. The van der Waals surface area contributed by atoms with Crippen LogP contribution in [0, 0.1) is 5.92 Å². The molecule has 1 aromatic rings. The molecule has 2 heterocycles. The van der Waals surface area contributed by atoms with Crippen molar-refractivity contribution in [1.29, 1.82) is 0 Å². The van der Waals surface area contributed by atoms with E-state index in [9.17, 15) is 9.59 Å². The molecule has 0 spiro atoms. The number of carbonyl (C=O) groups is 2. The van der Waals surface area contributed by atoms with E-state index in [4.69, 9.17) is 15.9 Å². The molecule has 1 fully saturated rings. The number of nitrogens with zero attached hydrogens (tertiary/aromatic N) is 2. The van der Waals surface area contributed by atoms with E-state index >= 15 is 0 Å². The Morgan fingerprint density at radius 2 is 2.16 bits per heavy atom. The molecule has 1 aromatic heterocycles. The van der Waals surface area contributed by atoms with Gasteiger partial charge in [0.05, 0.1) is 0 Å². The standard InChI is InChI=1S/C16H25N5O3.HI/c1-2-19-16(20-9-12-5-6-13(24-12)15(18)23)21-7-3-4-11(10-21)8-14(17)22;/h5-6,11H,2-4,7-10H2,1H3,(H2,17,22)(H2,18,23)(H,19,20);1H. The highest BCUT2D eigenvalue weighted by molar-refractivity contribution is 14.0. The van der Waals surface area contributed by atoms with E-state index in [1.807, 2.05) is 6.92 Å². The molecular formula is C16H26IN5O3. The number of guanidine groups is 1. The summed E-state index contributed by atoms with van der Waals surface area (Å²) in [7, 11) is 0. The van der Waals surface area contributed by atoms with Gasteiger partial charge in [0.2, 0.25) is 5.91 Å². The van der Waals surface area contributed by atoms with Crippen molar-refractivity contribution in [3.63, 3.8) is 0 Å². The third-order valence-corrected chi connectivity index (χ3v) is 3.93. The lowest BCUT2D eigenvalue weighted by Gasteiger charge is -2.34. The van der Waals surface area contributed by atoms with Crippen LogP contribution in [-0.4, -0.2) is 42.3 Å². The second-order valence-electron chi connectivity index (χ2n) is 5.93. The van der Waals surface area contributed by atoms with Gasteiger partial charge in [-0.3, -0.25) is 9.59 Å². The molecule has 5 N–H and O–H groups in total. The number of rotatable bonds is 6. The largest absolute Gasteiger partial charge is 0.454 e. The van der Waals surface area contributed by atoms with Gasteiger partial charge < -0.3 is 26.1 Å². The van der Waals surface area contributed by atoms with Crippen LogP contribution in [0.15, 0.2) is 21.5 Å². The molecule has 9 heteroatoms. The Kier molecular flexibility index (Phi) is 8.73. The van der Waals surface area contributed by atoms with Crippen LogP contribution in [0.4, 0.5) is 0 Å². The van der Waals surface area contributed by atoms with Gasteiger partial charge in [-0.15, -0.1) is 24.0 Å². The number of amides is 2. The number of nitrogens with two attached hydrogens (primary N) is 2. The Balaban J connectivity index is 0.00000312. The normalized spacial score (nSPS) is 17.7. The van der Waals surface area contributed by atoms with Gasteiger partial charge in [-0.2, -0.15) is 0 Å². The lowest BCUT2D eigenvalue weighted by molar-refractivity contribution is -0.119. The van der Waals surface area contributed by atoms with Gasteiger partial charge in [0.15, 0.2) is 11.7 Å². The highest BCUT2D eigenvalue weighted by Gasteiger charge is 2.23. The zero-order valence-corrected chi connectivity index (χ0v) is 16.7. The first-order chi connectivity index (χ1) is 11.5. The van der Waals surface area contributed by atoms with Gasteiger partial charge in [-0.25, -0.2) is 4.99 Å². The minimum atomic E-state index is -0.595. The summed E-state index contributed by atoms with van der Waals surface area (Å²) in [5.41, 5.74) is 10.5. The van der Waals surface area contributed by atoms with Crippen molar-refractivity contribution in [2.24, 2.45) is 22.4 Å². The van der Waals surface area contributed by atoms with Gasteiger partial charge in [-0.1, -0.05) is 0 Å². The molecule has 1 aliphatic heterocycles. The summed E-state index contributed by atoms with van der Waals surface area (Å²) in [6, 6.07) is 3.24. The van der Waals surface area contributed by atoms with Crippen LogP contribution in [0.2, 0.25) is 0 Å². The fraction of sp³-hybridized carbons (Fsp3) is 0.562. The SMILES string of the molecule is CCNC(=NCc1ccc(C(N)=O)o1)N1CCCC(CC(N)=O)C1.I. The monoisotopic (exact) mass is 463 g/mol.